The van der Waals surface area contributed by atoms with Crippen LogP contribution in [0.15, 0.2) is 0 Å². The maximum absolute atomic E-state index is 12.3. The highest BCUT2D eigenvalue weighted by molar-refractivity contribution is 5.88. The van der Waals surface area contributed by atoms with Gasteiger partial charge in [-0.25, -0.2) is 0 Å². The van der Waals surface area contributed by atoms with Gasteiger partial charge in [-0.3, -0.25) is 4.79 Å². The first-order valence-electron chi connectivity index (χ1n) is 12.9. The van der Waals surface area contributed by atoms with Crippen molar-refractivity contribution < 1.29 is 9.53 Å². The second-order valence-corrected chi connectivity index (χ2v) is 12.7. The molecule has 0 bridgehead atoms. The van der Waals surface area contributed by atoms with E-state index in [1.54, 1.807) is 0 Å². The molecule has 164 valence electrons. The summed E-state index contributed by atoms with van der Waals surface area (Å²) in [5.74, 6) is 5.66. The summed E-state index contributed by atoms with van der Waals surface area (Å²) in [5.41, 5.74) is 0.768. The predicted molar refractivity (Wildman–Crippen MR) is 118 cm³/mol. The van der Waals surface area contributed by atoms with Crippen LogP contribution in [-0.2, 0) is 9.53 Å². The van der Waals surface area contributed by atoms with Gasteiger partial charge in [-0.2, -0.15) is 0 Å². The number of hydrogen-bond acceptors (Lipinski definition) is 2. The highest BCUT2D eigenvalue weighted by Gasteiger charge is 2.76. The Labute approximate surface area is 178 Å². The van der Waals surface area contributed by atoms with Crippen molar-refractivity contribution in [1.82, 2.24) is 0 Å². The van der Waals surface area contributed by atoms with Crippen LogP contribution in [0, 0.1) is 46.3 Å². The lowest BCUT2D eigenvalue weighted by atomic mass is 9.44. The normalized spacial score (nSPS) is 51.8. The highest BCUT2D eigenvalue weighted by Crippen LogP contribution is 2.73. The Bertz CT molecular complexity index is 669. The summed E-state index contributed by atoms with van der Waals surface area (Å²) >= 11 is 0. The summed E-state index contributed by atoms with van der Waals surface area (Å²) in [4.78, 5) is 12.3. The van der Waals surface area contributed by atoms with Gasteiger partial charge in [-0.05, 0) is 85.9 Å². The van der Waals surface area contributed by atoms with Gasteiger partial charge in [0.25, 0.3) is 0 Å². The molecular weight excluding hydrogens is 356 g/mol. The second kappa shape index (κ2) is 6.81. The molecule has 29 heavy (non-hydrogen) atoms. The molecule has 1 saturated heterocycles. The van der Waals surface area contributed by atoms with E-state index in [9.17, 15) is 4.79 Å². The van der Waals surface area contributed by atoms with E-state index in [1.165, 1.54) is 51.4 Å². The molecule has 1 aliphatic heterocycles. The van der Waals surface area contributed by atoms with Gasteiger partial charge in [0.1, 0.15) is 11.7 Å². The molecule has 9 atom stereocenters. The van der Waals surface area contributed by atoms with E-state index < -0.39 is 0 Å². The van der Waals surface area contributed by atoms with Crippen molar-refractivity contribution in [1.29, 1.82) is 0 Å². The fourth-order valence-electron chi connectivity index (χ4n) is 9.52. The van der Waals surface area contributed by atoms with Crippen LogP contribution in [0.1, 0.15) is 105 Å². The summed E-state index contributed by atoms with van der Waals surface area (Å²) in [6, 6.07) is 0. The van der Waals surface area contributed by atoms with Crippen molar-refractivity contribution in [3.05, 3.63) is 0 Å². The second-order valence-electron chi connectivity index (χ2n) is 12.7. The first kappa shape index (κ1) is 20.5. The maximum Gasteiger partial charge on any atom is 0.164 e. The van der Waals surface area contributed by atoms with E-state index in [4.69, 9.17) is 4.74 Å². The quantitative estimate of drug-likeness (QED) is 0.474. The third kappa shape index (κ3) is 2.79. The molecule has 4 aliphatic carbocycles. The first-order valence-corrected chi connectivity index (χ1v) is 12.9. The number of hydrogen-bond donors (Lipinski definition) is 0. The van der Waals surface area contributed by atoms with Gasteiger partial charge in [-0.1, -0.05) is 53.9 Å². The van der Waals surface area contributed by atoms with Gasteiger partial charge in [0.05, 0.1) is 0 Å². The summed E-state index contributed by atoms with van der Waals surface area (Å²) in [6.07, 6.45) is 14.3. The van der Waals surface area contributed by atoms with Gasteiger partial charge in [-0.15, -0.1) is 0 Å². The highest BCUT2D eigenvalue weighted by atomic mass is 16.6. The van der Waals surface area contributed by atoms with Gasteiger partial charge in [0.15, 0.2) is 5.78 Å². The largest absolute Gasteiger partial charge is 0.357 e. The minimum absolute atomic E-state index is 0.0344. The third-order valence-electron chi connectivity index (χ3n) is 11.2. The monoisotopic (exact) mass is 400 g/mol. The zero-order valence-electron chi connectivity index (χ0n) is 19.6. The number of rotatable bonds is 5. The molecule has 0 aromatic heterocycles. The van der Waals surface area contributed by atoms with Crippen LogP contribution in [0.4, 0.5) is 0 Å². The van der Waals surface area contributed by atoms with E-state index in [2.05, 4.69) is 34.6 Å². The minimum Gasteiger partial charge on any atom is -0.357 e. The summed E-state index contributed by atoms with van der Waals surface area (Å²) < 4.78 is 6.24. The fraction of sp³-hybridized carbons (Fsp3) is 0.963. The number of carbonyl (C=O) groups excluding carboxylic acids is 1. The smallest absolute Gasteiger partial charge is 0.164 e. The molecule has 1 spiro atoms. The predicted octanol–water partition coefficient (Wildman–Crippen LogP) is 6.81. The van der Waals surface area contributed by atoms with E-state index >= 15 is 0 Å². The average Bonchev–Trinajstić information content (AvgIpc) is 3.31. The van der Waals surface area contributed by atoms with Gasteiger partial charge >= 0.3 is 0 Å². The number of carbonyl (C=O) groups is 1. The van der Waals surface area contributed by atoms with E-state index in [1.807, 2.05) is 0 Å². The molecular formula is C27H44O2. The molecule has 2 nitrogen and oxygen atoms in total. The molecule has 0 N–H and O–H groups in total. The van der Waals surface area contributed by atoms with Crippen LogP contribution in [0.25, 0.3) is 0 Å². The zero-order valence-corrected chi connectivity index (χ0v) is 19.6. The molecule has 5 fully saturated rings. The van der Waals surface area contributed by atoms with Crippen molar-refractivity contribution in [3.63, 3.8) is 0 Å². The molecule has 5 aliphatic rings. The van der Waals surface area contributed by atoms with E-state index in [0.717, 1.165) is 54.8 Å². The molecule has 5 rings (SSSR count). The molecule has 4 saturated carbocycles. The van der Waals surface area contributed by atoms with E-state index in [0.29, 0.717) is 11.2 Å². The van der Waals surface area contributed by atoms with Crippen LogP contribution in [0.2, 0.25) is 0 Å². The number of fused-ring (bicyclic) bond motifs is 4. The Morgan fingerprint density at radius 1 is 0.966 bits per heavy atom. The van der Waals surface area contributed by atoms with Crippen LogP contribution < -0.4 is 0 Å². The Morgan fingerprint density at radius 2 is 1.76 bits per heavy atom. The molecule has 0 aromatic rings. The standard InChI is InChI=1S/C27H44O2/c1-17(2)7-6-8-18(3)20-9-10-21-19-11-16-27-24(29-27)23(28)13-15-26(27,5)22(19)12-14-25(20,21)4/h17-22,24H,6-16H2,1-5H3. The number of Topliss-reactive ketones (excluding diaryl/α,β-unsaturated/α-hetero) is 1. The Hall–Kier alpha value is -0.370. The summed E-state index contributed by atoms with van der Waals surface area (Å²) in [7, 11) is 0. The summed E-state index contributed by atoms with van der Waals surface area (Å²) in [5, 5.41) is 0. The van der Waals surface area contributed by atoms with Crippen LogP contribution in [-0.4, -0.2) is 17.5 Å². The lowest BCUT2D eigenvalue weighted by molar-refractivity contribution is -0.132. The molecule has 0 amide bonds. The summed E-state index contributed by atoms with van der Waals surface area (Å²) in [6.45, 7) is 12.5. The van der Waals surface area contributed by atoms with Crippen molar-refractivity contribution in [2.75, 3.05) is 0 Å². The number of epoxide rings is 1. The van der Waals surface area contributed by atoms with Gasteiger partial charge < -0.3 is 4.74 Å². The van der Waals surface area contributed by atoms with E-state index in [-0.39, 0.29) is 17.1 Å². The Kier molecular flexibility index (Phi) is 4.82. The van der Waals surface area contributed by atoms with Gasteiger partial charge in [0, 0.05) is 11.8 Å². The van der Waals surface area contributed by atoms with Crippen molar-refractivity contribution >= 4 is 5.78 Å². The SMILES string of the molecule is CC(C)CCCC(C)C1CCC2C3CCC45OC4C(=O)CCC5(C)C3CCC12C. The molecule has 2 heteroatoms. The fourth-order valence-corrected chi connectivity index (χ4v) is 9.52. The number of ketones is 1. The van der Waals surface area contributed by atoms with Crippen molar-refractivity contribution in [2.45, 2.75) is 117 Å². The maximum atomic E-state index is 12.3. The Morgan fingerprint density at radius 3 is 2.52 bits per heavy atom. The first-order chi connectivity index (χ1) is 13.7. The molecule has 0 radical (unpaired) electrons. The molecule has 0 aromatic carbocycles. The Balaban J connectivity index is 1.32. The zero-order chi connectivity index (χ0) is 20.6. The van der Waals surface area contributed by atoms with Crippen molar-refractivity contribution in [2.24, 2.45) is 46.3 Å². The van der Waals surface area contributed by atoms with Crippen LogP contribution >= 0.6 is 0 Å². The lowest BCUT2D eigenvalue weighted by Crippen LogP contribution is -2.58. The van der Waals surface area contributed by atoms with Crippen LogP contribution in [0.3, 0.4) is 0 Å². The topological polar surface area (TPSA) is 29.6 Å². The third-order valence-corrected chi connectivity index (χ3v) is 11.2. The van der Waals surface area contributed by atoms with Gasteiger partial charge in [0.2, 0.25) is 0 Å². The minimum atomic E-state index is -0.0562. The van der Waals surface area contributed by atoms with Crippen molar-refractivity contribution in [3.8, 4) is 0 Å². The number of ether oxygens (including phenoxy) is 1. The average molecular weight is 401 g/mol. The van der Waals surface area contributed by atoms with Crippen LogP contribution in [0.5, 0.6) is 0 Å². The molecule has 9 unspecified atom stereocenters. The molecule has 1 heterocycles. The lowest BCUT2D eigenvalue weighted by Gasteiger charge is -2.59.